The maximum atomic E-state index is 12.0. The van der Waals surface area contributed by atoms with E-state index in [9.17, 15) is 8.78 Å². The summed E-state index contributed by atoms with van der Waals surface area (Å²) in [5, 5.41) is 3.45. The lowest BCUT2D eigenvalue weighted by molar-refractivity contribution is -0.0498. The Morgan fingerprint density at radius 1 is 1.32 bits per heavy atom. The first-order chi connectivity index (χ1) is 9.13. The summed E-state index contributed by atoms with van der Waals surface area (Å²) in [6, 6.07) is 7.08. The van der Waals surface area contributed by atoms with Crippen molar-refractivity contribution < 1.29 is 13.5 Å². The minimum atomic E-state index is -2.77. The van der Waals surface area contributed by atoms with Crippen LogP contribution >= 0.6 is 0 Å². The molecule has 2 atom stereocenters. The van der Waals surface area contributed by atoms with Crippen LogP contribution < -0.4 is 10.1 Å². The predicted octanol–water partition coefficient (Wildman–Crippen LogP) is 3.69. The normalized spacial score (nSPS) is 24.0. The number of hydrogen-bond donors (Lipinski definition) is 1. The van der Waals surface area contributed by atoms with E-state index < -0.39 is 6.61 Å². The van der Waals surface area contributed by atoms with Gasteiger partial charge in [0.05, 0.1) is 0 Å². The van der Waals surface area contributed by atoms with Gasteiger partial charge in [0.25, 0.3) is 0 Å². The Morgan fingerprint density at radius 2 is 2.05 bits per heavy atom. The van der Waals surface area contributed by atoms with Crippen LogP contribution in [0.4, 0.5) is 8.78 Å². The smallest absolute Gasteiger partial charge is 0.387 e. The van der Waals surface area contributed by atoms with Crippen LogP contribution in [-0.2, 0) is 0 Å². The first-order valence-corrected chi connectivity index (χ1v) is 6.60. The molecule has 0 spiro atoms. The average molecular weight is 267 g/mol. The van der Waals surface area contributed by atoms with E-state index in [2.05, 4.69) is 23.1 Å². The molecule has 0 amide bonds. The summed E-state index contributed by atoms with van der Waals surface area (Å²) in [6.07, 6.45) is 6.52. The van der Waals surface area contributed by atoms with Crippen LogP contribution in [0.15, 0.2) is 30.3 Å². The molecule has 1 aromatic carbocycles. The van der Waals surface area contributed by atoms with E-state index in [1.54, 1.807) is 24.3 Å². The minimum Gasteiger partial charge on any atom is -0.435 e. The number of benzene rings is 1. The summed E-state index contributed by atoms with van der Waals surface area (Å²) in [5.41, 5.74) is 0.988. The van der Waals surface area contributed by atoms with Gasteiger partial charge in [-0.3, -0.25) is 0 Å². The van der Waals surface area contributed by atoms with Gasteiger partial charge in [0.2, 0.25) is 0 Å². The standard InChI is InChI=1S/C15H19F2NO/c1-11-8-9-18-13(10-11)5-2-12-3-6-14(7-4-12)19-15(16)17/h2-7,11,13,15,18H,8-10H2,1H3/b5-2+. The third-order valence-electron chi connectivity index (χ3n) is 3.33. The molecule has 1 aromatic rings. The van der Waals surface area contributed by atoms with Crippen molar-refractivity contribution in [2.24, 2.45) is 5.92 Å². The second-order valence-electron chi connectivity index (χ2n) is 5.00. The van der Waals surface area contributed by atoms with Gasteiger partial charge < -0.3 is 10.1 Å². The number of halogens is 2. The van der Waals surface area contributed by atoms with Gasteiger partial charge in [0, 0.05) is 6.04 Å². The van der Waals surface area contributed by atoms with Crippen molar-refractivity contribution in [1.82, 2.24) is 5.32 Å². The zero-order valence-electron chi connectivity index (χ0n) is 11.0. The zero-order chi connectivity index (χ0) is 13.7. The molecule has 104 valence electrons. The minimum absolute atomic E-state index is 0.191. The molecule has 0 bridgehead atoms. The van der Waals surface area contributed by atoms with Crippen LogP contribution in [-0.4, -0.2) is 19.2 Å². The van der Waals surface area contributed by atoms with E-state index in [4.69, 9.17) is 0 Å². The first kappa shape index (κ1) is 14.0. The summed E-state index contributed by atoms with van der Waals surface area (Å²) in [5.74, 6) is 0.939. The Kier molecular flexibility index (Phi) is 4.91. The molecule has 1 aliphatic heterocycles. The number of ether oxygens (including phenoxy) is 1. The molecular formula is C15H19F2NO. The number of hydrogen-bond acceptors (Lipinski definition) is 2. The number of alkyl halides is 2. The average Bonchev–Trinajstić information content (AvgIpc) is 2.37. The van der Waals surface area contributed by atoms with Crippen molar-refractivity contribution in [3.8, 4) is 5.75 Å². The third kappa shape index (κ3) is 4.63. The monoisotopic (exact) mass is 267 g/mol. The van der Waals surface area contributed by atoms with Crippen molar-refractivity contribution in [3.05, 3.63) is 35.9 Å². The molecule has 2 unspecified atom stereocenters. The van der Waals surface area contributed by atoms with Gasteiger partial charge in [-0.15, -0.1) is 0 Å². The van der Waals surface area contributed by atoms with Gasteiger partial charge in [-0.1, -0.05) is 31.2 Å². The van der Waals surface area contributed by atoms with Crippen molar-refractivity contribution in [2.75, 3.05) is 6.54 Å². The summed E-state index contributed by atoms with van der Waals surface area (Å²) in [7, 11) is 0. The molecule has 1 aliphatic rings. The molecule has 1 fully saturated rings. The molecule has 1 saturated heterocycles. The molecule has 1 heterocycles. The van der Waals surface area contributed by atoms with Gasteiger partial charge in [-0.2, -0.15) is 8.78 Å². The molecular weight excluding hydrogens is 248 g/mol. The second kappa shape index (κ2) is 6.66. The van der Waals surface area contributed by atoms with Gasteiger partial charge in [-0.05, 0) is 43.0 Å². The van der Waals surface area contributed by atoms with Crippen LogP contribution in [0.2, 0.25) is 0 Å². The summed E-state index contributed by atoms with van der Waals surface area (Å²) >= 11 is 0. The lowest BCUT2D eigenvalue weighted by Gasteiger charge is -2.25. The highest BCUT2D eigenvalue weighted by Gasteiger charge is 2.15. The fourth-order valence-electron chi connectivity index (χ4n) is 2.28. The SMILES string of the molecule is CC1CCNC(/C=C/c2ccc(OC(F)F)cc2)C1. The Hall–Kier alpha value is -1.42. The molecule has 1 N–H and O–H groups in total. The predicted molar refractivity (Wildman–Crippen MR) is 72.3 cm³/mol. The van der Waals surface area contributed by atoms with Gasteiger partial charge in [-0.25, -0.2) is 0 Å². The molecule has 0 aliphatic carbocycles. The van der Waals surface area contributed by atoms with Gasteiger partial charge in [0.15, 0.2) is 0 Å². The van der Waals surface area contributed by atoms with Crippen LogP contribution in [0.5, 0.6) is 5.75 Å². The fraction of sp³-hybridized carbons (Fsp3) is 0.467. The molecule has 2 rings (SSSR count). The van der Waals surface area contributed by atoms with Crippen LogP contribution in [0.1, 0.15) is 25.3 Å². The first-order valence-electron chi connectivity index (χ1n) is 6.60. The van der Waals surface area contributed by atoms with Crippen molar-refractivity contribution in [1.29, 1.82) is 0 Å². The number of nitrogens with one attached hydrogen (secondary N) is 1. The lowest BCUT2D eigenvalue weighted by Crippen LogP contribution is -2.35. The van der Waals surface area contributed by atoms with Crippen LogP contribution in [0.25, 0.3) is 6.08 Å². The quantitative estimate of drug-likeness (QED) is 0.898. The van der Waals surface area contributed by atoms with Crippen molar-refractivity contribution in [3.63, 3.8) is 0 Å². The van der Waals surface area contributed by atoms with Crippen LogP contribution in [0.3, 0.4) is 0 Å². The highest BCUT2D eigenvalue weighted by atomic mass is 19.3. The van der Waals surface area contributed by atoms with Crippen molar-refractivity contribution in [2.45, 2.75) is 32.4 Å². The molecule has 0 aromatic heterocycles. The van der Waals surface area contributed by atoms with E-state index in [0.717, 1.165) is 24.4 Å². The second-order valence-corrected chi connectivity index (χ2v) is 5.00. The fourth-order valence-corrected chi connectivity index (χ4v) is 2.28. The van der Waals surface area contributed by atoms with Crippen LogP contribution in [0, 0.1) is 5.92 Å². The maximum absolute atomic E-state index is 12.0. The molecule has 0 saturated carbocycles. The van der Waals surface area contributed by atoms with Crippen molar-refractivity contribution >= 4 is 6.08 Å². The molecule has 0 radical (unpaired) electrons. The Bertz CT molecular complexity index is 417. The third-order valence-corrected chi connectivity index (χ3v) is 3.33. The number of piperidine rings is 1. The molecule has 2 nitrogen and oxygen atoms in total. The Balaban J connectivity index is 1.91. The maximum Gasteiger partial charge on any atom is 0.387 e. The summed E-state index contributed by atoms with van der Waals surface area (Å²) in [4.78, 5) is 0. The Labute approximate surface area is 112 Å². The van der Waals surface area contributed by atoms with E-state index in [1.165, 1.54) is 6.42 Å². The van der Waals surface area contributed by atoms with E-state index in [0.29, 0.717) is 6.04 Å². The van der Waals surface area contributed by atoms with E-state index >= 15 is 0 Å². The number of rotatable bonds is 4. The zero-order valence-corrected chi connectivity index (χ0v) is 11.0. The lowest BCUT2D eigenvalue weighted by atomic mass is 9.94. The van der Waals surface area contributed by atoms with Gasteiger partial charge in [0.1, 0.15) is 5.75 Å². The highest BCUT2D eigenvalue weighted by Crippen LogP contribution is 2.18. The summed E-state index contributed by atoms with van der Waals surface area (Å²) in [6.45, 7) is 0.546. The van der Waals surface area contributed by atoms with E-state index in [-0.39, 0.29) is 5.75 Å². The largest absolute Gasteiger partial charge is 0.435 e. The summed E-state index contributed by atoms with van der Waals surface area (Å²) < 4.78 is 28.3. The molecule has 19 heavy (non-hydrogen) atoms. The molecule has 4 heteroatoms. The topological polar surface area (TPSA) is 21.3 Å². The van der Waals surface area contributed by atoms with Gasteiger partial charge >= 0.3 is 6.61 Å². The van der Waals surface area contributed by atoms with E-state index in [1.807, 2.05) is 6.08 Å². The highest BCUT2D eigenvalue weighted by molar-refractivity contribution is 5.51. The Morgan fingerprint density at radius 3 is 2.68 bits per heavy atom.